The lowest BCUT2D eigenvalue weighted by Crippen LogP contribution is -2.32. The van der Waals surface area contributed by atoms with Gasteiger partial charge in [0.15, 0.2) is 6.61 Å². The Balaban J connectivity index is 1.62. The maximum atomic E-state index is 12.9. The summed E-state index contributed by atoms with van der Waals surface area (Å²) in [5, 5.41) is 3.13. The molecule has 154 valence electrons. The van der Waals surface area contributed by atoms with E-state index < -0.39 is 0 Å². The minimum Gasteiger partial charge on any atom is -0.495 e. The fourth-order valence-corrected chi connectivity index (χ4v) is 3.56. The molecule has 3 rings (SSSR count). The first-order valence-electron chi connectivity index (χ1n) is 9.73. The Bertz CT molecular complexity index is 864. The Morgan fingerprint density at radius 2 is 1.76 bits per heavy atom. The highest BCUT2D eigenvalue weighted by Crippen LogP contribution is 2.27. The quantitative estimate of drug-likeness (QED) is 0.758. The number of carbonyl (C=O) groups excluding carboxylic acids is 2. The third-order valence-corrected chi connectivity index (χ3v) is 5.10. The molecule has 1 aliphatic rings. The van der Waals surface area contributed by atoms with Gasteiger partial charge in [-0.25, -0.2) is 0 Å². The first-order valence-corrected chi connectivity index (χ1v) is 10.1. The van der Waals surface area contributed by atoms with Crippen LogP contribution >= 0.6 is 11.6 Å². The van der Waals surface area contributed by atoms with E-state index in [4.69, 9.17) is 21.1 Å². The van der Waals surface area contributed by atoms with Crippen LogP contribution in [0.25, 0.3) is 0 Å². The largest absolute Gasteiger partial charge is 0.495 e. The summed E-state index contributed by atoms with van der Waals surface area (Å²) in [7, 11) is 1.53. The van der Waals surface area contributed by atoms with E-state index in [-0.39, 0.29) is 18.4 Å². The summed E-state index contributed by atoms with van der Waals surface area (Å²) in [5.74, 6) is 0.541. The molecule has 7 heteroatoms. The van der Waals surface area contributed by atoms with Gasteiger partial charge in [0.05, 0.1) is 17.7 Å². The second-order valence-corrected chi connectivity index (χ2v) is 7.30. The second kappa shape index (κ2) is 10.2. The molecule has 0 radical (unpaired) electrons. The number of benzene rings is 2. The third-order valence-electron chi connectivity index (χ3n) is 4.81. The smallest absolute Gasteiger partial charge is 0.262 e. The monoisotopic (exact) mass is 416 g/mol. The zero-order chi connectivity index (χ0) is 20.6. The molecule has 1 saturated heterocycles. The summed E-state index contributed by atoms with van der Waals surface area (Å²) in [5.41, 5.74) is 1.02. The molecule has 0 atom stereocenters. The molecule has 2 aromatic rings. The third kappa shape index (κ3) is 5.64. The maximum Gasteiger partial charge on any atom is 0.262 e. The molecule has 1 aliphatic heterocycles. The van der Waals surface area contributed by atoms with Crippen LogP contribution in [0, 0.1) is 0 Å². The number of amides is 2. The number of nitrogens with zero attached hydrogens (tertiary/aromatic N) is 1. The van der Waals surface area contributed by atoms with Crippen molar-refractivity contribution in [3.05, 3.63) is 53.1 Å². The van der Waals surface area contributed by atoms with Crippen LogP contribution < -0.4 is 14.8 Å². The molecule has 2 amide bonds. The van der Waals surface area contributed by atoms with Gasteiger partial charge in [-0.15, -0.1) is 0 Å². The lowest BCUT2D eigenvalue weighted by atomic mass is 10.1. The average molecular weight is 417 g/mol. The number of nitrogens with one attached hydrogen (secondary N) is 1. The number of anilines is 1. The maximum absolute atomic E-state index is 12.9. The fourth-order valence-electron chi connectivity index (χ4n) is 3.30. The summed E-state index contributed by atoms with van der Waals surface area (Å²) >= 11 is 6.08. The van der Waals surface area contributed by atoms with E-state index in [1.54, 1.807) is 42.5 Å². The summed E-state index contributed by atoms with van der Waals surface area (Å²) in [6.07, 6.45) is 4.33. The molecule has 0 bridgehead atoms. The number of para-hydroxylation sites is 1. The van der Waals surface area contributed by atoms with E-state index in [1.165, 1.54) is 7.11 Å². The van der Waals surface area contributed by atoms with Crippen LogP contribution in [-0.4, -0.2) is 43.5 Å². The van der Waals surface area contributed by atoms with Gasteiger partial charge in [0.2, 0.25) is 0 Å². The van der Waals surface area contributed by atoms with Crippen molar-refractivity contribution in [2.24, 2.45) is 0 Å². The molecule has 0 saturated carbocycles. The molecule has 0 spiro atoms. The van der Waals surface area contributed by atoms with E-state index >= 15 is 0 Å². The number of methoxy groups -OCH3 is 1. The van der Waals surface area contributed by atoms with Crippen LogP contribution in [0.2, 0.25) is 5.02 Å². The van der Waals surface area contributed by atoms with Crippen LogP contribution in [0.5, 0.6) is 11.5 Å². The second-order valence-electron chi connectivity index (χ2n) is 6.89. The Labute approximate surface area is 175 Å². The fraction of sp³-hybridized carbons (Fsp3) is 0.364. The van der Waals surface area contributed by atoms with E-state index in [0.29, 0.717) is 27.8 Å². The highest BCUT2D eigenvalue weighted by Gasteiger charge is 2.21. The van der Waals surface area contributed by atoms with Crippen molar-refractivity contribution in [3.63, 3.8) is 0 Å². The molecule has 6 nitrogen and oxygen atoms in total. The SMILES string of the molecule is COc1ccc(NC(=O)COc2ccccc2C(=O)N2CCCCCC2)cc1Cl. The number of hydrogen-bond acceptors (Lipinski definition) is 4. The highest BCUT2D eigenvalue weighted by molar-refractivity contribution is 6.32. The summed E-state index contributed by atoms with van der Waals surface area (Å²) in [4.78, 5) is 27.1. The Morgan fingerprint density at radius 1 is 1.03 bits per heavy atom. The topological polar surface area (TPSA) is 67.9 Å². The number of carbonyl (C=O) groups is 2. The summed E-state index contributed by atoms with van der Waals surface area (Å²) < 4.78 is 10.8. The van der Waals surface area contributed by atoms with Gasteiger partial charge in [-0.3, -0.25) is 9.59 Å². The van der Waals surface area contributed by atoms with Crippen molar-refractivity contribution in [1.29, 1.82) is 0 Å². The van der Waals surface area contributed by atoms with Gasteiger partial charge >= 0.3 is 0 Å². The molecule has 0 aliphatic carbocycles. The number of ether oxygens (including phenoxy) is 2. The van der Waals surface area contributed by atoms with Crippen molar-refractivity contribution in [3.8, 4) is 11.5 Å². The van der Waals surface area contributed by atoms with E-state index in [1.807, 2.05) is 4.90 Å². The molecule has 0 aromatic heterocycles. The van der Waals surface area contributed by atoms with Crippen LogP contribution in [0.4, 0.5) is 5.69 Å². The molecule has 2 aromatic carbocycles. The van der Waals surface area contributed by atoms with E-state index in [2.05, 4.69) is 5.32 Å². The van der Waals surface area contributed by atoms with E-state index in [9.17, 15) is 9.59 Å². The van der Waals surface area contributed by atoms with E-state index in [0.717, 1.165) is 38.8 Å². The number of rotatable bonds is 6. The Morgan fingerprint density at radius 3 is 2.45 bits per heavy atom. The van der Waals surface area contributed by atoms with Gasteiger partial charge in [-0.2, -0.15) is 0 Å². The first kappa shape index (κ1) is 21.0. The summed E-state index contributed by atoms with van der Waals surface area (Å²) in [6.45, 7) is 1.30. The van der Waals surface area contributed by atoms with Crippen molar-refractivity contribution < 1.29 is 19.1 Å². The van der Waals surface area contributed by atoms with Crippen LogP contribution in [-0.2, 0) is 4.79 Å². The Kier molecular flexibility index (Phi) is 7.36. The molecular formula is C22H25ClN2O4. The number of likely N-dealkylation sites (tertiary alicyclic amines) is 1. The van der Waals surface area contributed by atoms with Gasteiger partial charge < -0.3 is 19.7 Å². The minimum atomic E-state index is -0.344. The van der Waals surface area contributed by atoms with Crippen molar-refractivity contribution >= 4 is 29.1 Å². The van der Waals surface area contributed by atoms with Crippen LogP contribution in [0.1, 0.15) is 36.0 Å². The van der Waals surface area contributed by atoms with Crippen LogP contribution in [0.15, 0.2) is 42.5 Å². The number of hydrogen-bond donors (Lipinski definition) is 1. The van der Waals surface area contributed by atoms with Gasteiger partial charge in [0, 0.05) is 18.8 Å². The standard InChI is InChI=1S/C22H25ClN2O4/c1-28-20-11-10-16(14-18(20)23)24-21(26)15-29-19-9-5-4-8-17(19)22(27)25-12-6-2-3-7-13-25/h4-5,8-11,14H,2-3,6-7,12-13,15H2,1H3,(H,24,26). The predicted molar refractivity (Wildman–Crippen MR) is 113 cm³/mol. The average Bonchev–Trinajstić information content (AvgIpc) is 3.02. The normalized spacial score (nSPS) is 14.1. The van der Waals surface area contributed by atoms with Crippen LogP contribution in [0.3, 0.4) is 0 Å². The zero-order valence-corrected chi connectivity index (χ0v) is 17.2. The summed E-state index contributed by atoms with van der Waals surface area (Å²) in [6, 6.07) is 12.0. The van der Waals surface area contributed by atoms with Gasteiger partial charge in [-0.05, 0) is 43.2 Å². The lowest BCUT2D eigenvalue weighted by Gasteiger charge is -2.21. The predicted octanol–water partition coefficient (Wildman–Crippen LogP) is 4.38. The molecule has 0 unspecified atom stereocenters. The van der Waals surface area contributed by atoms with Crippen molar-refractivity contribution in [1.82, 2.24) is 4.90 Å². The number of halogens is 1. The van der Waals surface area contributed by atoms with Crippen molar-refractivity contribution in [2.45, 2.75) is 25.7 Å². The Hall–Kier alpha value is -2.73. The lowest BCUT2D eigenvalue weighted by molar-refractivity contribution is -0.118. The molecule has 29 heavy (non-hydrogen) atoms. The molecular weight excluding hydrogens is 392 g/mol. The van der Waals surface area contributed by atoms with Gasteiger partial charge in [0.25, 0.3) is 11.8 Å². The van der Waals surface area contributed by atoms with Gasteiger partial charge in [0.1, 0.15) is 11.5 Å². The molecule has 1 fully saturated rings. The molecule has 1 N–H and O–H groups in total. The zero-order valence-electron chi connectivity index (χ0n) is 16.4. The highest BCUT2D eigenvalue weighted by atomic mass is 35.5. The van der Waals surface area contributed by atoms with Crippen molar-refractivity contribution in [2.75, 3.05) is 32.1 Å². The molecule has 1 heterocycles. The van der Waals surface area contributed by atoms with Gasteiger partial charge in [-0.1, -0.05) is 36.6 Å². The first-order chi connectivity index (χ1) is 14.1. The minimum absolute atomic E-state index is 0.0511.